The van der Waals surface area contributed by atoms with Gasteiger partial charge in [0.1, 0.15) is 12.3 Å². The predicted octanol–water partition coefficient (Wildman–Crippen LogP) is 1.73. The number of carbonyl (C=O) groups excluding carboxylic acids is 2. The highest BCUT2D eigenvalue weighted by Gasteiger charge is 2.31. The molecule has 1 unspecified atom stereocenters. The van der Waals surface area contributed by atoms with Crippen molar-refractivity contribution in [1.82, 2.24) is 5.32 Å². The molecule has 0 bridgehead atoms. The van der Waals surface area contributed by atoms with E-state index in [0.717, 1.165) is 25.3 Å². The number of nitrogens with one attached hydrogen (secondary N) is 3. The van der Waals surface area contributed by atoms with Crippen molar-refractivity contribution in [3.8, 4) is 5.75 Å². The minimum atomic E-state index is -0.717. The van der Waals surface area contributed by atoms with E-state index < -0.39 is 11.8 Å². The van der Waals surface area contributed by atoms with Crippen LogP contribution < -0.4 is 20.3 Å². The summed E-state index contributed by atoms with van der Waals surface area (Å²) in [6.07, 6.45) is 2.60. The second-order valence-corrected chi connectivity index (χ2v) is 7.57. The number of ether oxygens (including phenoxy) is 1. The Kier molecular flexibility index (Phi) is 6.33. The lowest BCUT2D eigenvalue weighted by atomic mass is 9.98. The van der Waals surface area contributed by atoms with Gasteiger partial charge in [-0.25, -0.2) is 0 Å². The Morgan fingerprint density at radius 1 is 1.06 bits per heavy atom. The van der Waals surface area contributed by atoms with E-state index in [0.29, 0.717) is 18.0 Å². The van der Waals surface area contributed by atoms with Gasteiger partial charge in [0.15, 0.2) is 11.8 Å². The third-order valence-corrected chi connectivity index (χ3v) is 5.63. The first-order valence-corrected chi connectivity index (χ1v) is 10.3. The summed E-state index contributed by atoms with van der Waals surface area (Å²) < 4.78 is 10.8. The fraction of sp³-hybridized carbons (Fsp3) is 0.250. The highest BCUT2D eigenvalue weighted by Crippen LogP contribution is 2.17. The molecule has 2 amide bonds. The zero-order chi connectivity index (χ0) is 21.6. The molecule has 0 fully saturated rings. The second kappa shape index (κ2) is 9.49. The summed E-state index contributed by atoms with van der Waals surface area (Å²) in [5.41, 5.74) is 3.17. The lowest BCUT2D eigenvalue weighted by molar-refractivity contribution is -0.946. The molecular weight excluding hydrogens is 394 g/mol. The summed E-state index contributed by atoms with van der Waals surface area (Å²) >= 11 is 0. The van der Waals surface area contributed by atoms with E-state index in [4.69, 9.17) is 9.15 Å². The first kappa shape index (κ1) is 20.7. The van der Waals surface area contributed by atoms with E-state index in [1.54, 1.807) is 37.6 Å². The molecule has 0 aliphatic carbocycles. The Morgan fingerprint density at radius 2 is 1.90 bits per heavy atom. The standard InChI is InChI=1S/C24H25N3O4/c1-30-20-9-4-8-19(14-20)26-24(29)23(28)25-15-21(22-10-5-13-31-22)27-12-11-17-6-2-3-7-18(17)16-27/h2-10,13-14,21H,11-12,15-16H2,1H3,(H,25,28)(H,26,29)/p+1/t21-/m0/s1. The van der Waals surface area contributed by atoms with Crippen LogP contribution in [0.25, 0.3) is 0 Å². The number of benzene rings is 2. The Bertz CT molecular complexity index is 1050. The highest BCUT2D eigenvalue weighted by molar-refractivity contribution is 6.39. The molecule has 2 atom stereocenters. The van der Waals surface area contributed by atoms with E-state index >= 15 is 0 Å². The van der Waals surface area contributed by atoms with E-state index in [1.165, 1.54) is 16.0 Å². The number of fused-ring (bicyclic) bond motifs is 1. The van der Waals surface area contributed by atoms with Crippen molar-refractivity contribution in [2.75, 3.05) is 25.5 Å². The van der Waals surface area contributed by atoms with E-state index in [-0.39, 0.29) is 6.04 Å². The van der Waals surface area contributed by atoms with Crippen LogP contribution in [0.1, 0.15) is 22.9 Å². The van der Waals surface area contributed by atoms with Gasteiger partial charge in [0.25, 0.3) is 0 Å². The molecule has 1 aliphatic heterocycles. The molecule has 4 rings (SSSR count). The van der Waals surface area contributed by atoms with Crippen LogP contribution in [0, 0.1) is 0 Å². The molecule has 0 saturated heterocycles. The van der Waals surface area contributed by atoms with Gasteiger partial charge < -0.3 is 24.7 Å². The van der Waals surface area contributed by atoms with Crippen molar-refractivity contribution in [2.45, 2.75) is 19.0 Å². The van der Waals surface area contributed by atoms with Crippen LogP contribution in [0.2, 0.25) is 0 Å². The van der Waals surface area contributed by atoms with Crippen molar-refractivity contribution in [3.63, 3.8) is 0 Å². The van der Waals surface area contributed by atoms with Gasteiger partial charge in [0.2, 0.25) is 0 Å². The molecule has 31 heavy (non-hydrogen) atoms. The molecule has 2 aromatic carbocycles. The third kappa shape index (κ3) is 4.95. The summed E-state index contributed by atoms with van der Waals surface area (Å²) in [5.74, 6) is -0.00502. The normalized spacial score (nSPS) is 16.1. The fourth-order valence-corrected chi connectivity index (χ4v) is 4.00. The van der Waals surface area contributed by atoms with Crippen molar-refractivity contribution in [3.05, 3.63) is 83.8 Å². The monoisotopic (exact) mass is 420 g/mol. The summed E-state index contributed by atoms with van der Waals surface area (Å²) in [6, 6.07) is 19.0. The minimum absolute atomic E-state index is 0.0862. The van der Waals surface area contributed by atoms with Crippen molar-refractivity contribution in [2.24, 2.45) is 0 Å². The number of carbonyl (C=O) groups is 2. The number of methoxy groups -OCH3 is 1. The van der Waals surface area contributed by atoms with Gasteiger partial charge in [0.05, 0.1) is 26.5 Å². The van der Waals surface area contributed by atoms with Crippen LogP contribution in [-0.2, 0) is 22.6 Å². The summed E-state index contributed by atoms with van der Waals surface area (Å²) in [4.78, 5) is 26.1. The Balaban J connectivity index is 1.41. The Morgan fingerprint density at radius 3 is 2.68 bits per heavy atom. The SMILES string of the molecule is COc1cccc(NC(=O)C(=O)NC[C@@H](c2ccco2)[NH+]2CCc3ccccc3C2)c1. The molecule has 160 valence electrons. The van der Waals surface area contributed by atoms with Crippen LogP contribution >= 0.6 is 0 Å². The van der Waals surface area contributed by atoms with Gasteiger partial charge in [-0.15, -0.1) is 0 Å². The quantitative estimate of drug-likeness (QED) is 0.530. The fourth-order valence-electron chi connectivity index (χ4n) is 4.00. The molecular formula is C24H26N3O4+. The number of amides is 2. The van der Waals surface area contributed by atoms with Crippen LogP contribution in [0.5, 0.6) is 5.75 Å². The van der Waals surface area contributed by atoms with Crippen LogP contribution in [0.3, 0.4) is 0 Å². The molecule has 1 aromatic heterocycles. The average molecular weight is 420 g/mol. The van der Waals surface area contributed by atoms with E-state index in [9.17, 15) is 9.59 Å². The number of hydrogen-bond acceptors (Lipinski definition) is 4. The van der Waals surface area contributed by atoms with Gasteiger partial charge in [-0.2, -0.15) is 0 Å². The number of hydrogen-bond donors (Lipinski definition) is 3. The van der Waals surface area contributed by atoms with Crippen LogP contribution in [0.15, 0.2) is 71.3 Å². The molecule has 0 spiro atoms. The molecule has 0 saturated carbocycles. The van der Waals surface area contributed by atoms with Gasteiger partial charge in [0, 0.05) is 23.7 Å². The predicted molar refractivity (Wildman–Crippen MR) is 116 cm³/mol. The van der Waals surface area contributed by atoms with Crippen LogP contribution in [-0.4, -0.2) is 32.0 Å². The van der Waals surface area contributed by atoms with Gasteiger partial charge in [-0.1, -0.05) is 30.3 Å². The highest BCUT2D eigenvalue weighted by atomic mass is 16.5. The second-order valence-electron chi connectivity index (χ2n) is 7.57. The average Bonchev–Trinajstić information content (AvgIpc) is 3.33. The molecule has 2 heterocycles. The number of rotatable bonds is 6. The maximum atomic E-state index is 12.5. The first-order chi connectivity index (χ1) is 15.1. The Hall–Kier alpha value is -3.58. The lowest BCUT2D eigenvalue weighted by Gasteiger charge is -2.31. The van der Waals surface area contributed by atoms with E-state index in [2.05, 4.69) is 28.8 Å². The summed E-state index contributed by atoms with van der Waals surface area (Å²) in [7, 11) is 1.55. The van der Waals surface area contributed by atoms with E-state index in [1.807, 2.05) is 18.2 Å². The van der Waals surface area contributed by atoms with Gasteiger partial charge in [-0.3, -0.25) is 9.59 Å². The Labute approximate surface area is 181 Å². The van der Waals surface area contributed by atoms with Gasteiger partial charge in [-0.05, 0) is 29.8 Å². The molecule has 0 radical (unpaired) electrons. The number of furan rings is 1. The largest absolute Gasteiger partial charge is 0.497 e. The topological polar surface area (TPSA) is 85.0 Å². The number of anilines is 1. The smallest absolute Gasteiger partial charge is 0.313 e. The molecule has 3 N–H and O–H groups in total. The maximum Gasteiger partial charge on any atom is 0.313 e. The first-order valence-electron chi connectivity index (χ1n) is 10.3. The molecule has 7 heteroatoms. The van der Waals surface area contributed by atoms with Crippen LogP contribution in [0.4, 0.5) is 5.69 Å². The number of quaternary nitrogens is 1. The van der Waals surface area contributed by atoms with Crippen molar-refractivity contribution >= 4 is 17.5 Å². The van der Waals surface area contributed by atoms with Gasteiger partial charge >= 0.3 is 11.8 Å². The zero-order valence-corrected chi connectivity index (χ0v) is 17.4. The zero-order valence-electron chi connectivity index (χ0n) is 17.4. The molecule has 3 aromatic rings. The summed E-state index contributed by atoms with van der Waals surface area (Å²) in [6.45, 7) is 2.07. The summed E-state index contributed by atoms with van der Waals surface area (Å²) in [5, 5.41) is 5.38. The minimum Gasteiger partial charge on any atom is -0.497 e. The van der Waals surface area contributed by atoms with Crippen molar-refractivity contribution < 1.29 is 23.6 Å². The maximum absolute atomic E-state index is 12.5. The van der Waals surface area contributed by atoms with Crippen molar-refractivity contribution in [1.29, 1.82) is 0 Å². The molecule has 1 aliphatic rings. The molecule has 7 nitrogen and oxygen atoms in total. The lowest BCUT2D eigenvalue weighted by Crippen LogP contribution is -3.12. The third-order valence-electron chi connectivity index (χ3n) is 5.63.